The van der Waals surface area contributed by atoms with Gasteiger partial charge in [-0.2, -0.15) is 4.99 Å². The highest BCUT2D eigenvalue weighted by Crippen LogP contribution is 2.23. The number of benzene rings is 2. The molecule has 0 spiro atoms. The van der Waals surface area contributed by atoms with Crippen LogP contribution >= 0.6 is 22.9 Å². The van der Waals surface area contributed by atoms with Crippen LogP contribution in [0.5, 0.6) is 5.75 Å². The SMILES string of the molecule is CCOC(=O)Cn1/c(=N/C(=O)c2cccc(Cl)c2)sc2cc(OC)ccc21. The molecule has 3 rings (SSSR count). The number of nitrogens with zero attached hydrogens (tertiary/aromatic N) is 2. The van der Waals surface area contributed by atoms with E-state index in [1.54, 1.807) is 48.9 Å². The first-order valence-electron chi connectivity index (χ1n) is 8.19. The number of esters is 1. The summed E-state index contributed by atoms with van der Waals surface area (Å²) in [6.45, 7) is 1.98. The van der Waals surface area contributed by atoms with Crippen molar-refractivity contribution in [1.29, 1.82) is 0 Å². The van der Waals surface area contributed by atoms with Crippen molar-refractivity contribution in [3.8, 4) is 5.75 Å². The maximum absolute atomic E-state index is 12.6. The first-order chi connectivity index (χ1) is 13.0. The molecule has 0 saturated carbocycles. The second kappa shape index (κ2) is 8.37. The predicted molar refractivity (Wildman–Crippen MR) is 104 cm³/mol. The molecule has 0 atom stereocenters. The summed E-state index contributed by atoms with van der Waals surface area (Å²) in [7, 11) is 1.58. The molecule has 8 heteroatoms. The van der Waals surface area contributed by atoms with Gasteiger partial charge in [0.05, 0.1) is 23.9 Å². The highest BCUT2D eigenvalue weighted by Gasteiger charge is 2.13. The van der Waals surface area contributed by atoms with Gasteiger partial charge in [-0.25, -0.2) is 0 Å². The molecule has 140 valence electrons. The zero-order valence-electron chi connectivity index (χ0n) is 14.8. The summed E-state index contributed by atoms with van der Waals surface area (Å²) in [4.78, 5) is 29.2. The molecule has 0 fully saturated rings. The van der Waals surface area contributed by atoms with Gasteiger partial charge in [0.15, 0.2) is 4.80 Å². The van der Waals surface area contributed by atoms with Crippen LogP contribution in [0.1, 0.15) is 17.3 Å². The maximum atomic E-state index is 12.6. The highest BCUT2D eigenvalue weighted by molar-refractivity contribution is 7.16. The summed E-state index contributed by atoms with van der Waals surface area (Å²) in [6, 6.07) is 12.0. The number of fused-ring (bicyclic) bond motifs is 1. The van der Waals surface area contributed by atoms with Gasteiger partial charge >= 0.3 is 5.97 Å². The number of methoxy groups -OCH3 is 1. The van der Waals surface area contributed by atoms with Crippen LogP contribution in [0.15, 0.2) is 47.5 Å². The Kier molecular flexibility index (Phi) is 5.93. The smallest absolute Gasteiger partial charge is 0.326 e. The maximum Gasteiger partial charge on any atom is 0.326 e. The number of carbonyl (C=O) groups is 2. The van der Waals surface area contributed by atoms with Crippen molar-refractivity contribution >= 4 is 45.0 Å². The van der Waals surface area contributed by atoms with Crippen LogP contribution in [0.25, 0.3) is 10.2 Å². The second-order valence-corrected chi connectivity index (χ2v) is 6.98. The van der Waals surface area contributed by atoms with Crippen LogP contribution in [0, 0.1) is 0 Å². The van der Waals surface area contributed by atoms with Crippen LogP contribution in [0.4, 0.5) is 0 Å². The van der Waals surface area contributed by atoms with Crippen molar-refractivity contribution in [2.24, 2.45) is 4.99 Å². The van der Waals surface area contributed by atoms with E-state index in [0.29, 0.717) is 21.1 Å². The molecule has 1 aromatic heterocycles. The van der Waals surface area contributed by atoms with Gasteiger partial charge in [-0.15, -0.1) is 0 Å². The number of carbonyl (C=O) groups excluding carboxylic acids is 2. The molecule has 0 saturated heterocycles. The third-order valence-electron chi connectivity index (χ3n) is 3.75. The zero-order chi connectivity index (χ0) is 19.4. The van der Waals surface area contributed by atoms with Gasteiger partial charge in [0.25, 0.3) is 5.91 Å². The molecule has 0 unspecified atom stereocenters. The molecule has 6 nitrogen and oxygen atoms in total. The number of rotatable bonds is 5. The second-order valence-electron chi connectivity index (χ2n) is 5.54. The van der Waals surface area contributed by atoms with E-state index in [-0.39, 0.29) is 13.2 Å². The number of hydrogen-bond acceptors (Lipinski definition) is 5. The van der Waals surface area contributed by atoms with Crippen molar-refractivity contribution in [1.82, 2.24) is 4.57 Å². The predicted octanol–water partition coefficient (Wildman–Crippen LogP) is 3.67. The van der Waals surface area contributed by atoms with E-state index >= 15 is 0 Å². The fraction of sp³-hybridized carbons (Fsp3) is 0.211. The summed E-state index contributed by atoms with van der Waals surface area (Å²) in [5.74, 6) is -0.155. The van der Waals surface area contributed by atoms with E-state index in [9.17, 15) is 9.59 Å². The molecule has 0 N–H and O–H groups in total. The summed E-state index contributed by atoms with van der Waals surface area (Å²) < 4.78 is 12.8. The summed E-state index contributed by atoms with van der Waals surface area (Å²) in [5.41, 5.74) is 1.15. The number of aromatic nitrogens is 1. The molecule has 0 radical (unpaired) electrons. The molecule has 0 bridgehead atoms. The molecule has 2 aromatic carbocycles. The Bertz CT molecular complexity index is 1070. The zero-order valence-corrected chi connectivity index (χ0v) is 16.3. The molecule has 3 aromatic rings. The van der Waals surface area contributed by atoms with E-state index in [1.165, 1.54) is 11.3 Å². The molecule has 0 aliphatic rings. The molecule has 0 aliphatic heterocycles. The van der Waals surface area contributed by atoms with Crippen molar-refractivity contribution in [3.05, 3.63) is 57.9 Å². The molecule has 1 amide bonds. The van der Waals surface area contributed by atoms with Gasteiger partial charge in [-0.3, -0.25) is 9.59 Å². The van der Waals surface area contributed by atoms with E-state index in [1.807, 2.05) is 12.1 Å². The lowest BCUT2D eigenvalue weighted by Gasteiger charge is -2.05. The van der Waals surface area contributed by atoms with Crippen LogP contribution in [0.3, 0.4) is 0 Å². The van der Waals surface area contributed by atoms with Gasteiger partial charge in [0.2, 0.25) is 0 Å². The Morgan fingerprint density at radius 1 is 1.22 bits per heavy atom. The Morgan fingerprint density at radius 2 is 2.04 bits per heavy atom. The minimum atomic E-state index is -0.436. The monoisotopic (exact) mass is 404 g/mol. The number of thiazole rings is 1. The summed E-state index contributed by atoms with van der Waals surface area (Å²) >= 11 is 7.25. The van der Waals surface area contributed by atoms with E-state index in [2.05, 4.69) is 4.99 Å². The first kappa shape index (κ1) is 19.1. The fourth-order valence-corrected chi connectivity index (χ4v) is 3.77. The summed E-state index contributed by atoms with van der Waals surface area (Å²) in [6.07, 6.45) is 0. The fourth-order valence-electron chi connectivity index (χ4n) is 2.53. The van der Waals surface area contributed by atoms with Crippen molar-refractivity contribution in [2.75, 3.05) is 13.7 Å². The lowest BCUT2D eigenvalue weighted by atomic mass is 10.2. The van der Waals surface area contributed by atoms with Gasteiger partial charge in [-0.05, 0) is 43.3 Å². The lowest BCUT2D eigenvalue weighted by molar-refractivity contribution is -0.143. The van der Waals surface area contributed by atoms with Crippen LogP contribution in [0.2, 0.25) is 5.02 Å². The minimum Gasteiger partial charge on any atom is -0.497 e. The Labute approximate surface area is 164 Å². The lowest BCUT2D eigenvalue weighted by Crippen LogP contribution is -2.23. The standard InChI is InChI=1S/C19H17ClN2O4S/c1-3-26-17(23)11-22-15-8-7-14(25-2)10-16(15)27-19(22)21-18(24)12-5-4-6-13(20)9-12/h4-10H,3,11H2,1-2H3/b21-19-. The minimum absolute atomic E-state index is 0.0399. The molecular formula is C19H17ClN2O4S. The highest BCUT2D eigenvalue weighted by atomic mass is 35.5. The van der Waals surface area contributed by atoms with Gasteiger partial charge < -0.3 is 14.0 Å². The number of ether oxygens (including phenoxy) is 2. The van der Waals surface area contributed by atoms with E-state index in [4.69, 9.17) is 21.1 Å². The van der Waals surface area contributed by atoms with Crippen molar-refractivity contribution in [2.45, 2.75) is 13.5 Å². The number of halogens is 1. The molecule has 1 heterocycles. The average molecular weight is 405 g/mol. The van der Waals surface area contributed by atoms with Crippen molar-refractivity contribution < 1.29 is 19.1 Å². The normalized spacial score (nSPS) is 11.6. The average Bonchev–Trinajstić information content (AvgIpc) is 2.98. The van der Waals surface area contributed by atoms with Gasteiger partial charge in [0, 0.05) is 10.6 Å². The molecular weight excluding hydrogens is 388 g/mol. The summed E-state index contributed by atoms with van der Waals surface area (Å²) in [5, 5.41) is 0.455. The van der Waals surface area contributed by atoms with Crippen molar-refractivity contribution in [3.63, 3.8) is 0 Å². The third-order valence-corrected chi connectivity index (χ3v) is 5.03. The van der Waals surface area contributed by atoms with Gasteiger partial charge in [0.1, 0.15) is 12.3 Å². The van der Waals surface area contributed by atoms with Crippen LogP contribution in [-0.4, -0.2) is 30.2 Å². The Balaban J connectivity index is 2.11. The number of amides is 1. The Morgan fingerprint density at radius 3 is 2.74 bits per heavy atom. The quantitative estimate of drug-likeness (QED) is 0.608. The van der Waals surface area contributed by atoms with E-state index in [0.717, 1.165) is 10.2 Å². The number of hydrogen-bond donors (Lipinski definition) is 0. The van der Waals surface area contributed by atoms with Crippen LogP contribution < -0.4 is 9.54 Å². The molecule has 0 aliphatic carbocycles. The van der Waals surface area contributed by atoms with E-state index < -0.39 is 11.9 Å². The third kappa shape index (κ3) is 4.37. The largest absolute Gasteiger partial charge is 0.497 e. The topological polar surface area (TPSA) is 69.9 Å². The van der Waals surface area contributed by atoms with Gasteiger partial charge in [-0.1, -0.05) is 29.0 Å². The first-order valence-corrected chi connectivity index (χ1v) is 9.39. The molecule has 27 heavy (non-hydrogen) atoms. The van der Waals surface area contributed by atoms with Crippen LogP contribution in [-0.2, 0) is 16.1 Å². The Hall–Kier alpha value is -2.64.